The van der Waals surface area contributed by atoms with E-state index in [0.717, 1.165) is 58.0 Å². The molecule has 0 spiro atoms. The lowest BCUT2D eigenvalue weighted by atomic mass is 10.1. The molecule has 0 aromatic heterocycles. The third kappa shape index (κ3) is 4.06. The predicted octanol–water partition coefficient (Wildman–Crippen LogP) is 2.06. The maximum absolute atomic E-state index is 12.6. The molecule has 1 unspecified atom stereocenters. The van der Waals surface area contributed by atoms with Crippen molar-refractivity contribution in [3.63, 3.8) is 0 Å². The molecule has 2 heterocycles. The summed E-state index contributed by atoms with van der Waals surface area (Å²) in [5.74, 6) is 0.725. The van der Waals surface area contributed by atoms with Crippen LogP contribution in [-0.2, 0) is 14.8 Å². The number of carbonyl (C=O) groups is 1. The summed E-state index contributed by atoms with van der Waals surface area (Å²) in [6.07, 6.45) is 6.39. The van der Waals surface area contributed by atoms with E-state index in [2.05, 4.69) is 4.72 Å². The molecule has 27 heavy (non-hydrogen) atoms. The minimum Gasteiger partial charge on any atom is -0.485 e. The van der Waals surface area contributed by atoms with Crippen LogP contribution in [0.4, 0.5) is 0 Å². The normalized spacial score (nSPS) is 23.4. The second kappa shape index (κ2) is 7.67. The van der Waals surface area contributed by atoms with Crippen molar-refractivity contribution in [2.75, 3.05) is 19.7 Å². The Morgan fingerprint density at radius 3 is 2.52 bits per heavy atom. The molecule has 0 radical (unpaired) electrons. The summed E-state index contributed by atoms with van der Waals surface area (Å²) in [7, 11) is -3.58. The number of ether oxygens (including phenoxy) is 2. The van der Waals surface area contributed by atoms with Crippen molar-refractivity contribution in [2.24, 2.45) is 0 Å². The molecular weight excluding hydrogens is 368 g/mol. The molecule has 148 valence electrons. The van der Waals surface area contributed by atoms with Crippen LogP contribution in [0.5, 0.6) is 11.5 Å². The zero-order valence-electron chi connectivity index (χ0n) is 15.4. The average molecular weight is 394 g/mol. The highest BCUT2D eigenvalue weighted by atomic mass is 32.2. The van der Waals surface area contributed by atoms with Crippen LogP contribution >= 0.6 is 0 Å². The topological polar surface area (TPSA) is 84.9 Å². The molecule has 1 saturated carbocycles. The minimum absolute atomic E-state index is 0.00902. The van der Waals surface area contributed by atoms with Gasteiger partial charge in [-0.3, -0.25) is 4.79 Å². The van der Waals surface area contributed by atoms with Gasteiger partial charge >= 0.3 is 0 Å². The Kier molecular flexibility index (Phi) is 5.27. The van der Waals surface area contributed by atoms with Crippen LogP contribution in [0.1, 0.15) is 44.9 Å². The van der Waals surface area contributed by atoms with Crippen LogP contribution in [-0.4, -0.2) is 51.1 Å². The molecule has 2 aliphatic heterocycles. The molecule has 1 aromatic carbocycles. The van der Waals surface area contributed by atoms with Gasteiger partial charge in [-0.1, -0.05) is 12.8 Å². The van der Waals surface area contributed by atoms with Crippen LogP contribution < -0.4 is 14.2 Å². The van der Waals surface area contributed by atoms with E-state index in [1.54, 1.807) is 6.07 Å². The number of likely N-dealkylation sites (tertiary alicyclic amines) is 1. The lowest BCUT2D eigenvalue weighted by Gasteiger charge is -2.32. The molecule has 0 bridgehead atoms. The second-order valence-corrected chi connectivity index (χ2v) is 9.23. The zero-order valence-corrected chi connectivity index (χ0v) is 16.2. The Bertz CT molecular complexity index is 798. The Balaban J connectivity index is 1.45. The number of nitrogens with one attached hydrogen (secondary N) is 1. The van der Waals surface area contributed by atoms with Gasteiger partial charge in [-0.25, -0.2) is 13.1 Å². The summed E-state index contributed by atoms with van der Waals surface area (Å²) >= 11 is 0. The quantitative estimate of drug-likeness (QED) is 0.845. The minimum atomic E-state index is -3.58. The molecule has 7 nitrogen and oxygen atoms in total. The third-order valence-electron chi connectivity index (χ3n) is 5.51. The van der Waals surface area contributed by atoms with Gasteiger partial charge in [0, 0.05) is 25.2 Å². The highest BCUT2D eigenvalue weighted by Crippen LogP contribution is 2.34. The lowest BCUT2D eigenvalue weighted by Crippen LogP contribution is -2.48. The maximum Gasteiger partial charge on any atom is 0.267 e. The Hall–Kier alpha value is -1.80. The van der Waals surface area contributed by atoms with Gasteiger partial charge in [-0.15, -0.1) is 0 Å². The number of rotatable bonds is 4. The molecule has 3 aliphatic rings. The third-order valence-corrected chi connectivity index (χ3v) is 7.02. The second-order valence-electron chi connectivity index (χ2n) is 7.51. The zero-order chi connectivity index (χ0) is 18.9. The highest BCUT2D eigenvalue weighted by Gasteiger charge is 2.32. The van der Waals surface area contributed by atoms with Crippen molar-refractivity contribution in [3.05, 3.63) is 18.2 Å². The fourth-order valence-corrected chi connectivity index (χ4v) is 5.31. The van der Waals surface area contributed by atoms with Gasteiger partial charge in [-0.05, 0) is 44.2 Å². The number of benzene rings is 1. The van der Waals surface area contributed by atoms with Gasteiger partial charge in [0.15, 0.2) is 11.5 Å². The van der Waals surface area contributed by atoms with Crippen LogP contribution in [0.3, 0.4) is 0 Å². The van der Waals surface area contributed by atoms with Crippen molar-refractivity contribution in [2.45, 2.75) is 62.0 Å². The van der Waals surface area contributed by atoms with Crippen molar-refractivity contribution >= 4 is 15.9 Å². The van der Waals surface area contributed by atoms with E-state index in [4.69, 9.17) is 9.47 Å². The van der Waals surface area contributed by atoms with Gasteiger partial charge in [0.1, 0.15) is 6.61 Å². The first-order valence-electron chi connectivity index (χ1n) is 9.77. The fourth-order valence-electron chi connectivity index (χ4n) is 3.99. The first kappa shape index (κ1) is 18.6. The summed E-state index contributed by atoms with van der Waals surface area (Å²) in [4.78, 5) is 14.6. The first-order chi connectivity index (χ1) is 13.0. The van der Waals surface area contributed by atoms with E-state index >= 15 is 0 Å². The van der Waals surface area contributed by atoms with E-state index < -0.39 is 16.1 Å². The molecule has 1 atom stereocenters. The lowest BCUT2D eigenvalue weighted by molar-refractivity contribution is -0.142. The van der Waals surface area contributed by atoms with Crippen molar-refractivity contribution in [1.82, 2.24) is 9.62 Å². The summed E-state index contributed by atoms with van der Waals surface area (Å²) in [5.41, 5.74) is 0. The Morgan fingerprint density at radius 1 is 1.04 bits per heavy atom. The number of amides is 1. The number of sulfonamides is 1. The molecular formula is C19H26N2O5S. The van der Waals surface area contributed by atoms with E-state index in [1.807, 2.05) is 4.90 Å². The van der Waals surface area contributed by atoms with Gasteiger partial charge in [0.2, 0.25) is 16.1 Å². The fraction of sp³-hybridized carbons (Fsp3) is 0.632. The van der Waals surface area contributed by atoms with Crippen molar-refractivity contribution in [1.29, 1.82) is 0 Å². The molecule has 4 rings (SSSR count). The SMILES string of the molecule is O=C(C1COc2cc(S(=O)(=O)NC3CCCC3)ccc2O1)N1CCCCC1. The summed E-state index contributed by atoms with van der Waals surface area (Å²) < 4.78 is 39.4. The average Bonchev–Trinajstić information content (AvgIpc) is 3.19. The predicted molar refractivity (Wildman–Crippen MR) is 99.4 cm³/mol. The number of carbonyl (C=O) groups excluding carboxylic acids is 1. The molecule has 1 aromatic rings. The summed E-state index contributed by atoms with van der Waals surface area (Å²) in [5, 5.41) is 0. The van der Waals surface area contributed by atoms with Crippen molar-refractivity contribution in [3.8, 4) is 11.5 Å². The smallest absolute Gasteiger partial charge is 0.267 e. The van der Waals surface area contributed by atoms with Crippen LogP contribution in [0.2, 0.25) is 0 Å². The number of fused-ring (bicyclic) bond motifs is 1. The number of hydrogen-bond donors (Lipinski definition) is 1. The standard InChI is InChI=1S/C19H26N2O5S/c22-19(21-10-4-1-5-11-21)18-13-25-17-12-15(8-9-16(17)26-18)27(23,24)20-14-6-2-3-7-14/h8-9,12,14,18,20H,1-7,10-11,13H2. The van der Waals surface area contributed by atoms with E-state index in [0.29, 0.717) is 11.5 Å². The molecule has 8 heteroatoms. The first-order valence-corrected chi connectivity index (χ1v) is 11.3. The monoisotopic (exact) mass is 394 g/mol. The van der Waals surface area contributed by atoms with Crippen LogP contribution in [0.25, 0.3) is 0 Å². The molecule has 1 saturated heterocycles. The van der Waals surface area contributed by atoms with Gasteiger partial charge < -0.3 is 14.4 Å². The Labute approximate surface area is 160 Å². The number of piperidine rings is 1. The summed E-state index contributed by atoms with van der Waals surface area (Å²) in [6, 6.07) is 4.57. The maximum atomic E-state index is 12.6. The van der Waals surface area contributed by atoms with Gasteiger partial charge in [-0.2, -0.15) is 0 Å². The van der Waals surface area contributed by atoms with E-state index in [-0.39, 0.29) is 23.5 Å². The molecule has 1 amide bonds. The van der Waals surface area contributed by atoms with E-state index in [1.165, 1.54) is 12.1 Å². The number of hydrogen-bond acceptors (Lipinski definition) is 5. The Morgan fingerprint density at radius 2 is 1.78 bits per heavy atom. The highest BCUT2D eigenvalue weighted by molar-refractivity contribution is 7.89. The van der Waals surface area contributed by atoms with Crippen molar-refractivity contribution < 1.29 is 22.7 Å². The van der Waals surface area contributed by atoms with Gasteiger partial charge in [0.05, 0.1) is 4.90 Å². The number of nitrogens with zero attached hydrogens (tertiary/aromatic N) is 1. The molecule has 2 fully saturated rings. The molecule has 1 aliphatic carbocycles. The van der Waals surface area contributed by atoms with Crippen LogP contribution in [0.15, 0.2) is 23.1 Å². The van der Waals surface area contributed by atoms with Crippen LogP contribution in [0, 0.1) is 0 Å². The van der Waals surface area contributed by atoms with E-state index in [9.17, 15) is 13.2 Å². The van der Waals surface area contributed by atoms with Gasteiger partial charge in [0.25, 0.3) is 5.91 Å². The largest absolute Gasteiger partial charge is 0.485 e. The molecule has 1 N–H and O–H groups in total. The summed E-state index contributed by atoms with van der Waals surface area (Å²) in [6.45, 7) is 1.62.